The van der Waals surface area contributed by atoms with Crippen molar-refractivity contribution >= 4 is 29.3 Å². The number of aryl methyl sites for hydroxylation is 2. The summed E-state index contributed by atoms with van der Waals surface area (Å²) in [6.45, 7) is 3.66. The fraction of sp³-hybridized carbons (Fsp3) is 0.261. The minimum atomic E-state index is -4.60. The van der Waals surface area contributed by atoms with Gasteiger partial charge in [-0.1, -0.05) is 30.0 Å². The predicted octanol–water partition coefficient (Wildman–Crippen LogP) is 4.70. The molecule has 0 saturated carbocycles. The van der Waals surface area contributed by atoms with Gasteiger partial charge in [0.1, 0.15) is 0 Å². The van der Waals surface area contributed by atoms with E-state index in [1.165, 1.54) is 47.5 Å². The molecule has 0 fully saturated rings. The second-order valence-corrected chi connectivity index (χ2v) is 8.42. The van der Waals surface area contributed by atoms with Crippen LogP contribution in [0.1, 0.15) is 16.7 Å². The van der Waals surface area contributed by atoms with Crippen LogP contribution in [0, 0.1) is 13.8 Å². The van der Waals surface area contributed by atoms with Crippen molar-refractivity contribution in [2.45, 2.75) is 25.2 Å². The molecule has 0 aliphatic heterocycles. The highest BCUT2D eigenvalue weighted by Crippen LogP contribution is 2.34. The number of hydrogen-bond acceptors (Lipinski definition) is 4. The number of benzene rings is 2. The maximum absolute atomic E-state index is 13.1. The zero-order chi connectivity index (χ0) is 24.2. The number of carbonyl (C=O) groups excluding carboxylic acids is 2. The lowest BCUT2D eigenvalue weighted by Gasteiger charge is -2.18. The molecule has 1 heterocycles. The molecule has 0 spiro atoms. The summed E-state index contributed by atoms with van der Waals surface area (Å²) in [6.07, 6.45) is -1.16. The van der Waals surface area contributed by atoms with Crippen LogP contribution in [-0.2, 0) is 15.8 Å². The van der Waals surface area contributed by atoms with Crippen molar-refractivity contribution in [2.75, 3.05) is 24.7 Å². The van der Waals surface area contributed by atoms with E-state index in [0.29, 0.717) is 5.16 Å². The first-order chi connectivity index (χ1) is 15.6. The summed E-state index contributed by atoms with van der Waals surface area (Å²) >= 11 is 1.21. The van der Waals surface area contributed by atoms with Crippen LogP contribution in [-0.4, -0.2) is 45.6 Å². The molecule has 10 heteroatoms. The van der Waals surface area contributed by atoms with Crippen molar-refractivity contribution < 1.29 is 22.8 Å². The van der Waals surface area contributed by atoms with Crippen LogP contribution in [0.25, 0.3) is 5.69 Å². The van der Waals surface area contributed by atoms with E-state index >= 15 is 0 Å². The number of aromatic nitrogens is 2. The van der Waals surface area contributed by atoms with Crippen molar-refractivity contribution in [3.63, 3.8) is 0 Å². The van der Waals surface area contributed by atoms with Crippen molar-refractivity contribution in [1.29, 1.82) is 0 Å². The summed E-state index contributed by atoms with van der Waals surface area (Å²) in [6, 6.07) is 10.7. The largest absolute Gasteiger partial charge is 0.418 e. The zero-order valence-corrected chi connectivity index (χ0v) is 19.1. The maximum Gasteiger partial charge on any atom is 0.418 e. The van der Waals surface area contributed by atoms with Crippen LogP contribution in [0.4, 0.5) is 18.9 Å². The minimum absolute atomic E-state index is 0.0186. The summed E-state index contributed by atoms with van der Waals surface area (Å²) in [5.74, 6) is -1.05. The SMILES string of the molecule is Cc1ccc(-n2ccnc2SCC(=O)N(C)CC(=O)Nc2ccccc2C(F)(F)F)cc1C. The van der Waals surface area contributed by atoms with Gasteiger partial charge in [-0.3, -0.25) is 14.2 Å². The van der Waals surface area contributed by atoms with Gasteiger partial charge in [-0.2, -0.15) is 13.2 Å². The fourth-order valence-corrected chi connectivity index (χ4v) is 3.95. The van der Waals surface area contributed by atoms with E-state index in [1.54, 1.807) is 12.4 Å². The van der Waals surface area contributed by atoms with Crippen LogP contribution in [0.15, 0.2) is 60.0 Å². The smallest absolute Gasteiger partial charge is 0.336 e. The minimum Gasteiger partial charge on any atom is -0.336 e. The van der Waals surface area contributed by atoms with E-state index in [-0.39, 0.29) is 23.9 Å². The third kappa shape index (κ3) is 6.16. The molecule has 0 aliphatic carbocycles. The number of alkyl halides is 3. The van der Waals surface area contributed by atoms with Gasteiger partial charge in [-0.15, -0.1) is 0 Å². The van der Waals surface area contributed by atoms with Crippen molar-refractivity contribution in [2.24, 2.45) is 0 Å². The van der Waals surface area contributed by atoms with Gasteiger partial charge in [0.2, 0.25) is 11.8 Å². The first-order valence-electron chi connectivity index (χ1n) is 10.00. The standard InChI is InChI=1S/C23H23F3N4O2S/c1-15-8-9-17(12-16(15)2)30-11-10-27-22(30)33-14-21(32)29(3)13-20(31)28-19-7-5-4-6-18(19)23(24,25)26/h4-12H,13-14H2,1-3H3,(H,28,31). The first kappa shape index (κ1) is 24.4. The summed E-state index contributed by atoms with van der Waals surface area (Å²) < 4.78 is 41.2. The molecular formula is C23H23F3N4O2S. The lowest BCUT2D eigenvalue weighted by Crippen LogP contribution is -2.36. The number of imidazole rings is 1. The third-order valence-corrected chi connectivity index (χ3v) is 5.96. The molecule has 0 aliphatic rings. The van der Waals surface area contributed by atoms with Gasteiger partial charge < -0.3 is 10.2 Å². The Balaban J connectivity index is 1.59. The number of halogens is 3. The molecule has 2 amide bonds. The van der Waals surface area contributed by atoms with Gasteiger partial charge in [0.25, 0.3) is 0 Å². The molecule has 0 radical (unpaired) electrons. The topological polar surface area (TPSA) is 67.2 Å². The zero-order valence-electron chi connectivity index (χ0n) is 18.3. The Labute approximate surface area is 193 Å². The van der Waals surface area contributed by atoms with Crippen molar-refractivity contribution in [3.8, 4) is 5.69 Å². The van der Waals surface area contributed by atoms with E-state index in [1.807, 2.05) is 36.6 Å². The molecule has 0 atom stereocenters. The van der Waals surface area contributed by atoms with E-state index in [2.05, 4.69) is 10.3 Å². The number of likely N-dealkylation sites (N-methyl/N-ethyl adjacent to an activating group) is 1. The molecule has 2 aromatic carbocycles. The summed E-state index contributed by atoms with van der Waals surface area (Å²) in [5.41, 5.74) is 1.93. The first-order valence-corrected chi connectivity index (χ1v) is 11.0. The Kier molecular flexibility index (Phi) is 7.47. The molecule has 0 bridgehead atoms. The Morgan fingerprint density at radius 3 is 2.55 bits per heavy atom. The molecule has 1 N–H and O–H groups in total. The second-order valence-electron chi connectivity index (χ2n) is 7.48. The normalized spacial score (nSPS) is 11.3. The highest BCUT2D eigenvalue weighted by atomic mass is 32.2. The molecule has 1 aromatic heterocycles. The number of rotatable bonds is 7. The molecule has 3 rings (SSSR count). The number of para-hydroxylation sites is 1. The van der Waals surface area contributed by atoms with Crippen LogP contribution in [0.2, 0.25) is 0 Å². The molecular weight excluding hydrogens is 453 g/mol. The Bertz CT molecular complexity index is 1160. The number of anilines is 1. The molecule has 0 unspecified atom stereocenters. The molecule has 3 aromatic rings. The summed E-state index contributed by atoms with van der Waals surface area (Å²) in [4.78, 5) is 30.2. The van der Waals surface area contributed by atoms with Crippen molar-refractivity contribution in [3.05, 3.63) is 71.5 Å². The molecule has 33 heavy (non-hydrogen) atoms. The highest BCUT2D eigenvalue weighted by molar-refractivity contribution is 7.99. The summed E-state index contributed by atoms with van der Waals surface area (Å²) in [5, 5.41) is 2.85. The number of amides is 2. The number of nitrogens with zero attached hydrogens (tertiary/aromatic N) is 3. The van der Waals surface area contributed by atoms with Gasteiger partial charge in [0.15, 0.2) is 5.16 Å². The van der Waals surface area contributed by atoms with Gasteiger partial charge >= 0.3 is 6.18 Å². The average molecular weight is 477 g/mol. The number of thioether (sulfide) groups is 1. The third-order valence-electron chi connectivity index (χ3n) is 5.01. The van der Waals surface area contributed by atoms with Gasteiger partial charge in [0, 0.05) is 25.1 Å². The Hall–Kier alpha value is -3.27. The maximum atomic E-state index is 13.1. The lowest BCUT2D eigenvalue weighted by atomic mass is 10.1. The number of hydrogen-bond donors (Lipinski definition) is 1. The fourth-order valence-electron chi connectivity index (χ4n) is 3.04. The monoisotopic (exact) mass is 476 g/mol. The van der Waals surface area contributed by atoms with E-state index in [9.17, 15) is 22.8 Å². The Morgan fingerprint density at radius 1 is 1.12 bits per heavy atom. The molecule has 174 valence electrons. The Morgan fingerprint density at radius 2 is 1.85 bits per heavy atom. The molecule has 6 nitrogen and oxygen atoms in total. The van der Waals surface area contributed by atoms with Crippen molar-refractivity contribution in [1.82, 2.24) is 14.5 Å². The summed E-state index contributed by atoms with van der Waals surface area (Å²) in [7, 11) is 1.42. The highest BCUT2D eigenvalue weighted by Gasteiger charge is 2.33. The van der Waals surface area contributed by atoms with Gasteiger partial charge in [-0.25, -0.2) is 4.98 Å². The van der Waals surface area contributed by atoms with E-state index in [0.717, 1.165) is 17.3 Å². The predicted molar refractivity (Wildman–Crippen MR) is 121 cm³/mol. The van der Waals surface area contributed by atoms with Crippen LogP contribution < -0.4 is 5.32 Å². The quantitative estimate of drug-likeness (QED) is 0.502. The number of carbonyl (C=O) groups is 2. The lowest BCUT2D eigenvalue weighted by molar-refractivity contribution is -0.137. The van der Waals surface area contributed by atoms with Crippen LogP contribution >= 0.6 is 11.8 Å². The van der Waals surface area contributed by atoms with E-state index < -0.39 is 17.6 Å². The average Bonchev–Trinajstić information content (AvgIpc) is 3.22. The van der Waals surface area contributed by atoms with E-state index in [4.69, 9.17) is 0 Å². The van der Waals surface area contributed by atoms with Crippen LogP contribution in [0.3, 0.4) is 0 Å². The second kappa shape index (κ2) is 10.1. The van der Waals surface area contributed by atoms with Gasteiger partial charge in [0.05, 0.1) is 23.5 Å². The number of nitrogens with one attached hydrogen (secondary N) is 1. The van der Waals surface area contributed by atoms with Gasteiger partial charge in [-0.05, 0) is 49.2 Å². The van der Waals surface area contributed by atoms with Crippen LogP contribution in [0.5, 0.6) is 0 Å². The molecule has 0 saturated heterocycles.